The second kappa shape index (κ2) is 8.37. The predicted octanol–water partition coefficient (Wildman–Crippen LogP) is 5.16. The molecule has 0 bridgehead atoms. The lowest BCUT2D eigenvalue weighted by Gasteiger charge is -2.43. The van der Waals surface area contributed by atoms with Crippen molar-refractivity contribution in [2.45, 2.75) is 18.6 Å². The summed E-state index contributed by atoms with van der Waals surface area (Å²) < 4.78 is 25.3. The Kier molecular flexibility index (Phi) is 5.43. The van der Waals surface area contributed by atoms with Gasteiger partial charge in [-0.2, -0.15) is 0 Å². The van der Waals surface area contributed by atoms with E-state index in [-0.39, 0.29) is 5.78 Å². The summed E-state index contributed by atoms with van der Waals surface area (Å²) in [5, 5.41) is 0. The van der Waals surface area contributed by atoms with Gasteiger partial charge in [0.1, 0.15) is 11.5 Å². The maximum Gasteiger partial charge on any atom is 0.287 e. The number of carbonyl (C=O) groups excluding carboxylic acids is 1. The molecule has 0 aliphatic carbocycles. The first-order chi connectivity index (χ1) is 15.2. The molecule has 0 N–H and O–H groups in total. The van der Waals surface area contributed by atoms with Crippen molar-refractivity contribution in [3.63, 3.8) is 0 Å². The molecule has 5 rings (SSSR count). The third kappa shape index (κ3) is 3.60. The van der Waals surface area contributed by atoms with E-state index < -0.39 is 13.2 Å². The fourth-order valence-electron chi connectivity index (χ4n) is 4.67. The molecular formula is C24H26N3O3P. The monoisotopic (exact) mass is 435 g/mol. The summed E-state index contributed by atoms with van der Waals surface area (Å²) in [5.74, 6) is 0.485. The Labute approximate surface area is 182 Å². The van der Waals surface area contributed by atoms with E-state index in [1.165, 1.54) is 0 Å². The minimum atomic E-state index is -3.23. The van der Waals surface area contributed by atoms with Crippen LogP contribution in [0.5, 0.6) is 0 Å². The van der Waals surface area contributed by atoms with Crippen molar-refractivity contribution in [1.82, 2.24) is 4.90 Å². The summed E-state index contributed by atoms with van der Waals surface area (Å²) in [6.45, 7) is 2.47. The zero-order valence-corrected chi connectivity index (χ0v) is 18.2. The lowest BCUT2D eigenvalue weighted by molar-refractivity contribution is -0.121. The fraction of sp³-hybridized carbons (Fsp3) is 0.292. The number of piperidine rings is 1. The molecule has 0 amide bonds. The van der Waals surface area contributed by atoms with Gasteiger partial charge in [0.2, 0.25) is 0 Å². The first-order valence-corrected chi connectivity index (χ1v) is 12.4. The molecule has 1 unspecified atom stereocenters. The Balaban J connectivity index is 1.66. The molecule has 2 aliphatic heterocycles. The molecule has 6 nitrogen and oxygen atoms in total. The average molecular weight is 435 g/mol. The first-order valence-electron chi connectivity index (χ1n) is 10.7. The molecule has 1 aromatic heterocycles. The van der Waals surface area contributed by atoms with E-state index in [1.54, 1.807) is 6.26 Å². The van der Waals surface area contributed by atoms with Gasteiger partial charge in [0.25, 0.3) is 7.44 Å². The quantitative estimate of drug-likeness (QED) is 0.516. The molecule has 0 spiro atoms. The fourth-order valence-corrected chi connectivity index (χ4v) is 8.28. The number of hydrogen-bond donors (Lipinski definition) is 0. The molecule has 2 aliphatic rings. The number of hydrogen-bond acceptors (Lipinski definition) is 4. The van der Waals surface area contributed by atoms with Gasteiger partial charge in [-0.15, -0.1) is 0 Å². The SMILES string of the molecule is O=C1CCN(C(c2ccco2)P2(=O)N(c3ccccc3)CCN2c2ccccc2)CC1. The molecule has 2 aromatic carbocycles. The third-order valence-corrected chi connectivity index (χ3v) is 9.61. The van der Waals surface area contributed by atoms with E-state index in [2.05, 4.69) is 14.2 Å². The molecule has 3 aromatic rings. The highest BCUT2D eigenvalue weighted by Crippen LogP contribution is 2.69. The predicted molar refractivity (Wildman–Crippen MR) is 122 cm³/mol. The Bertz CT molecular complexity index is 1010. The molecule has 3 heterocycles. The number of Topliss-reactive ketones (excluding diaryl/α,β-unsaturated/α-hetero) is 1. The molecule has 0 saturated carbocycles. The number of benzene rings is 2. The average Bonchev–Trinajstić information content (AvgIpc) is 3.45. The van der Waals surface area contributed by atoms with Crippen LogP contribution < -0.4 is 9.34 Å². The topological polar surface area (TPSA) is 57.0 Å². The Hall–Kier alpha value is -2.82. The van der Waals surface area contributed by atoms with Crippen molar-refractivity contribution in [3.05, 3.63) is 84.8 Å². The van der Waals surface area contributed by atoms with Crippen molar-refractivity contribution < 1.29 is 13.8 Å². The zero-order valence-electron chi connectivity index (χ0n) is 17.3. The summed E-state index contributed by atoms with van der Waals surface area (Å²) in [5.41, 5.74) is 1.88. The van der Waals surface area contributed by atoms with E-state index in [9.17, 15) is 4.79 Å². The molecular weight excluding hydrogens is 409 g/mol. The lowest BCUT2D eigenvalue weighted by Crippen LogP contribution is -2.40. The van der Waals surface area contributed by atoms with Crippen molar-refractivity contribution in [2.24, 2.45) is 0 Å². The molecule has 7 heteroatoms. The highest BCUT2D eigenvalue weighted by Gasteiger charge is 2.53. The van der Waals surface area contributed by atoms with Crippen molar-refractivity contribution in [2.75, 3.05) is 35.5 Å². The van der Waals surface area contributed by atoms with Gasteiger partial charge in [-0.3, -0.25) is 14.3 Å². The van der Waals surface area contributed by atoms with Gasteiger partial charge in [-0.05, 0) is 36.4 Å². The van der Waals surface area contributed by atoms with E-state index >= 15 is 4.57 Å². The minimum absolute atomic E-state index is 0.263. The van der Waals surface area contributed by atoms with Crippen molar-refractivity contribution in [3.8, 4) is 0 Å². The highest BCUT2D eigenvalue weighted by molar-refractivity contribution is 7.67. The van der Waals surface area contributed by atoms with Crippen LogP contribution in [-0.2, 0) is 9.36 Å². The van der Waals surface area contributed by atoms with Crippen LogP contribution in [0.1, 0.15) is 24.4 Å². The van der Waals surface area contributed by atoms with Crippen LogP contribution in [-0.4, -0.2) is 36.9 Å². The molecule has 0 radical (unpaired) electrons. The second-order valence-corrected chi connectivity index (χ2v) is 10.6. The Morgan fingerprint density at radius 2 is 1.29 bits per heavy atom. The summed E-state index contributed by atoms with van der Waals surface area (Å²) >= 11 is 0. The van der Waals surface area contributed by atoms with Crippen LogP contribution in [0.15, 0.2) is 83.5 Å². The largest absolute Gasteiger partial charge is 0.467 e. The number of anilines is 2. The number of likely N-dealkylation sites (tertiary alicyclic amines) is 1. The van der Waals surface area contributed by atoms with Crippen LogP contribution in [0.3, 0.4) is 0 Å². The van der Waals surface area contributed by atoms with Crippen molar-refractivity contribution >= 4 is 24.6 Å². The summed E-state index contributed by atoms with van der Waals surface area (Å²) in [4.78, 5) is 14.1. The molecule has 160 valence electrons. The van der Waals surface area contributed by atoms with Gasteiger partial charge in [-0.1, -0.05) is 36.4 Å². The van der Waals surface area contributed by atoms with E-state index in [0.717, 1.165) is 11.4 Å². The Morgan fingerprint density at radius 3 is 1.77 bits per heavy atom. The number of ketones is 1. The Morgan fingerprint density at radius 1 is 0.742 bits per heavy atom. The summed E-state index contributed by atoms with van der Waals surface area (Å²) in [6, 6.07) is 23.7. The van der Waals surface area contributed by atoms with Crippen LogP contribution in [0.25, 0.3) is 0 Å². The standard InChI is InChI=1S/C24H26N3O3P/c28-22-13-15-25(16-14-22)24(23-12-7-19-30-23)31(29)26(20-8-3-1-4-9-20)17-18-27(31)21-10-5-2-6-11-21/h1-12,19,24H,13-18H2. The van der Waals surface area contributed by atoms with E-state index in [4.69, 9.17) is 4.42 Å². The van der Waals surface area contributed by atoms with Crippen LogP contribution in [0.2, 0.25) is 0 Å². The van der Waals surface area contributed by atoms with Crippen molar-refractivity contribution in [1.29, 1.82) is 0 Å². The van der Waals surface area contributed by atoms with Gasteiger partial charge in [0, 0.05) is 50.4 Å². The summed E-state index contributed by atoms with van der Waals surface area (Å²) in [6.07, 6.45) is 2.60. The van der Waals surface area contributed by atoms with Gasteiger partial charge in [0.05, 0.1) is 6.26 Å². The number of furan rings is 1. The molecule has 2 fully saturated rings. The highest BCUT2D eigenvalue weighted by atomic mass is 31.2. The van der Waals surface area contributed by atoms with Gasteiger partial charge >= 0.3 is 0 Å². The van der Waals surface area contributed by atoms with Gasteiger partial charge < -0.3 is 13.8 Å². The lowest BCUT2D eigenvalue weighted by atomic mass is 10.1. The summed E-state index contributed by atoms with van der Waals surface area (Å²) in [7, 11) is -3.23. The van der Waals surface area contributed by atoms with Gasteiger partial charge in [0.15, 0.2) is 5.78 Å². The second-order valence-electron chi connectivity index (χ2n) is 7.97. The van der Waals surface area contributed by atoms with Gasteiger partial charge in [-0.25, -0.2) is 0 Å². The van der Waals surface area contributed by atoms with Crippen LogP contribution in [0.4, 0.5) is 11.4 Å². The van der Waals surface area contributed by atoms with Crippen LogP contribution in [0, 0.1) is 0 Å². The molecule has 1 atom stereocenters. The third-order valence-electron chi connectivity index (χ3n) is 6.14. The molecule has 31 heavy (non-hydrogen) atoms. The van der Waals surface area contributed by atoms with E-state index in [0.29, 0.717) is 44.8 Å². The number of carbonyl (C=O) groups is 1. The number of rotatable bonds is 5. The molecule has 2 saturated heterocycles. The normalized spacial score (nSPS) is 20.2. The number of nitrogens with zero attached hydrogens (tertiary/aromatic N) is 3. The maximum absolute atomic E-state index is 15.3. The zero-order chi connectivity index (χ0) is 21.3. The smallest absolute Gasteiger partial charge is 0.287 e. The van der Waals surface area contributed by atoms with Crippen LogP contribution >= 0.6 is 7.44 Å². The number of para-hydroxylation sites is 2. The first kappa shape index (κ1) is 20.1. The minimum Gasteiger partial charge on any atom is -0.467 e. The maximum atomic E-state index is 15.3. The van der Waals surface area contributed by atoms with E-state index in [1.807, 2.05) is 72.8 Å².